The summed E-state index contributed by atoms with van der Waals surface area (Å²) in [6, 6.07) is 28.5. The van der Waals surface area contributed by atoms with Crippen LogP contribution < -0.4 is 9.47 Å². The second kappa shape index (κ2) is 19.5. The monoisotopic (exact) mass is 847 g/mol. The van der Waals surface area contributed by atoms with Crippen molar-refractivity contribution < 1.29 is 28.0 Å². The molecule has 3 aromatic carbocycles. The van der Waals surface area contributed by atoms with E-state index in [2.05, 4.69) is 60.5 Å². The van der Waals surface area contributed by atoms with Gasteiger partial charge < -0.3 is 32.9 Å². The summed E-state index contributed by atoms with van der Waals surface area (Å²) in [5.74, 6) is 2.38. The first-order valence-corrected chi connectivity index (χ1v) is 21.5. The highest BCUT2D eigenvalue weighted by Crippen LogP contribution is 2.51. The molecular formula is C45H54N9O6P. The molecule has 4 heterocycles. The fourth-order valence-corrected chi connectivity index (χ4v) is 9.50. The van der Waals surface area contributed by atoms with Crippen molar-refractivity contribution >= 4 is 37.6 Å². The Bertz CT molecular complexity index is 2360. The first-order valence-electron chi connectivity index (χ1n) is 20.4. The van der Waals surface area contributed by atoms with Crippen LogP contribution in [0.4, 0.5) is 5.82 Å². The molecule has 1 aliphatic heterocycles. The van der Waals surface area contributed by atoms with Crippen LogP contribution in [0.3, 0.4) is 0 Å². The summed E-state index contributed by atoms with van der Waals surface area (Å²) >= 11 is 0. The molecule has 1 unspecified atom stereocenters. The SMILES string of the molecule is COc1ccc(C(OC[C@H]2O[C@@H](n3cnc4c(N=CN(C)C)nc5nccn5c43)C[C@@H]2OP(OCCC#N)N(C(C)C)C(C)C)(c2ccccc2)c2ccc(OC)cc2)cc1. The number of fused-ring (bicyclic) bond motifs is 3. The summed E-state index contributed by atoms with van der Waals surface area (Å²) in [5.41, 5.74) is 2.94. The first kappa shape index (κ1) is 43.6. The maximum Gasteiger partial charge on any atom is 0.259 e. The number of ether oxygens (including phenoxy) is 4. The molecule has 16 heteroatoms. The lowest BCUT2D eigenvalue weighted by Gasteiger charge is -2.39. The van der Waals surface area contributed by atoms with Crippen molar-refractivity contribution in [1.29, 1.82) is 5.26 Å². The summed E-state index contributed by atoms with van der Waals surface area (Å²) in [6.45, 7) is 8.84. The van der Waals surface area contributed by atoms with Gasteiger partial charge in [0.15, 0.2) is 17.0 Å². The van der Waals surface area contributed by atoms with Crippen molar-refractivity contribution in [3.05, 3.63) is 114 Å². The number of aromatic nitrogens is 5. The van der Waals surface area contributed by atoms with Crippen LogP contribution in [0.1, 0.15) is 63.5 Å². The van der Waals surface area contributed by atoms with Crippen LogP contribution in [0.25, 0.3) is 16.9 Å². The predicted octanol–water partition coefficient (Wildman–Crippen LogP) is 8.27. The molecule has 1 fully saturated rings. The highest BCUT2D eigenvalue weighted by atomic mass is 31.2. The molecule has 0 radical (unpaired) electrons. The van der Waals surface area contributed by atoms with Gasteiger partial charge >= 0.3 is 0 Å². The third kappa shape index (κ3) is 9.26. The van der Waals surface area contributed by atoms with E-state index in [0.29, 0.717) is 23.5 Å². The number of imidazole rings is 2. The average Bonchev–Trinajstić information content (AvgIpc) is 4.02. The van der Waals surface area contributed by atoms with E-state index in [1.165, 1.54) is 0 Å². The van der Waals surface area contributed by atoms with Crippen molar-refractivity contribution in [3.63, 3.8) is 0 Å². The van der Waals surface area contributed by atoms with Gasteiger partial charge in [-0.3, -0.25) is 8.97 Å². The van der Waals surface area contributed by atoms with E-state index in [1.54, 1.807) is 33.1 Å². The molecule has 0 saturated carbocycles. The van der Waals surface area contributed by atoms with Gasteiger partial charge in [-0.15, -0.1) is 0 Å². The minimum absolute atomic E-state index is 0.0950. The molecule has 0 spiro atoms. The van der Waals surface area contributed by atoms with Gasteiger partial charge in [0.25, 0.3) is 8.53 Å². The van der Waals surface area contributed by atoms with Gasteiger partial charge in [0, 0.05) is 45.0 Å². The van der Waals surface area contributed by atoms with E-state index in [-0.39, 0.29) is 31.7 Å². The maximum absolute atomic E-state index is 9.46. The van der Waals surface area contributed by atoms with Gasteiger partial charge in [0.05, 0.1) is 58.7 Å². The summed E-state index contributed by atoms with van der Waals surface area (Å²) in [5, 5.41) is 9.46. The van der Waals surface area contributed by atoms with Crippen LogP contribution in [0.2, 0.25) is 0 Å². The summed E-state index contributed by atoms with van der Waals surface area (Å²) in [6.07, 6.45) is 6.03. The second-order valence-electron chi connectivity index (χ2n) is 15.4. The lowest BCUT2D eigenvalue weighted by molar-refractivity contribution is -0.0912. The van der Waals surface area contributed by atoms with E-state index >= 15 is 0 Å². The minimum atomic E-state index is -1.64. The van der Waals surface area contributed by atoms with E-state index in [4.69, 9.17) is 38.0 Å². The molecule has 3 aromatic heterocycles. The van der Waals surface area contributed by atoms with Crippen LogP contribution in [0, 0.1) is 11.3 Å². The number of benzene rings is 3. The third-order valence-corrected chi connectivity index (χ3v) is 12.6. The Kier molecular flexibility index (Phi) is 13.9. The Morgan fingerprint density at radius 3 is 2.16 bits per heavy atom. The van der Waals surface area contributed by atoms with Gasteiger partial charge in [-0.2, -0.15) is 10.2 Å². The highest BCUT2D eigenvalue weighted by molar-refractivity contribution is 7.44. The van der Waals surface area contributed by atoms with Gasteiger partial charge in [-0.05, 0) is 68.7 Å². The second-order valence-corrected chi connectivity index (χ2v) is 16.8. The van der Waals surface area contributed by atoms with Crippen LogP contribution in [-0.4, -0.2) is 106 Å². The molecule has 6 aromatic rings. The zero-order valence-electron chi connectivity index (χ0n) is 36.0. The van der Waals surface area contributed by atoms with Crippen LogP contribution in [0.5, 0.6) is 11.5 Å². The topological polar surface area (TPSA) is 146 Å². The lowest BCUT2D eigenvalue weighted by atomic mass is 9.80. The molecular weight excluding hydrogens is 794 g/mol. The number of rotatable bonds is 19. The summed E-state index contributed by atoms with van der Waals surface area (Å²) in [7, 11) is 5.47. The number of nitrogens with zero attached hydrogens (tertiary/aromatic N) is 9. The standard InChI is InChI=1S/C45H54N9O6P/c1-31(2)54(32(3)4)61(58-26-12-23-46)60-38-27-40(53-30-48-41-42(49-29-51(5)6)50-44-47-24-25-52(44)43(41)53)59-39(38)28-57-45(33-13-10-9-11-14-33,34-15-19-36(55-7)20-16-34)35-17-21-37(56-8)22-18-35/h9-11,13-22,24-25,29-32,38-40H,12,26-28H2,1-8H3/t38-,39+,40+,61?/m0/s1. The number of aliphatic imine (C=N–C) groups is 1. The summed E-state index contributed by atoms with van der Waals surface area (Å²) < 4.78 is 45.4. The normalized spacial score (nSPS) is 17.6. The Balaban J connectivity index is 1.34. The molecule has 61 heavy (non-hydrogen) atoms. The van der Waals surface area contributed by atoms with Crippen molar-refractivity contribution in [2.24, 2.45) is 4.99 Å². The Hall–Kier alpha value is -5.46. The van der Waals surface area contributed by atoms with Gasteiger partial charge in [0.2, 0.25) is 5.78 Å². The largest absolute Gasteiger partial charge is 0.497 e. The number of hydrogen-bond donors (Lipinski definition) is 0. The molecule has 320 valence electrons. The molecule has 0 bridgehead atoms. The van der Waals surface area contributed by atoms with Gasteiger partial charge in [-0.25, -0.2) is 19.6 Å². The number of nitriles is 1. The van der Waals surface area contributed by atoms with Crippen molar-refractivity contribution in [2.75, 3.05) is 41.5 Å². The van der Waals surface area contributed by atoms with E-state index in [9.17, 15) is 5.26 Å². The number of methoxy groups -OCH3 is 2. The smallest absolute Gasteiger partial charge is 0.259 e. The lowest BCUT2D eigenvalue weighted by Crippen LogP contribution is -2.39. The van der Waals surface area contributed by atoms with Gasteiger partial charge in [-0.1, -0.05) is 54.6 Å². The van der Waals surface area contributed by atoms with Crippen LogP contribution >= 0.6 is 8.53 Å². The maximum atomic E-state index is 9.46. The molecule has 0 amide bonds. The average molecular weight is 848 g/mol. The predicted molar refractivity (Wildman–Crippen MR) is 235 cm³/mol. The molecule has 0 aliphatic carbocycles. The fourth-order valence-electron chi connectivity index (χ4n) is 7.74. The fraction of sp³-hybridized carbons (Fsp3) is 0.400. The Morgan fingerprint density at radius 1 is 0.934 bits per heavy atom. The molecule has 4 atom stereocenters. The van der Waals surface area contributed by atoms with Crippen molar-refractivity contribution in [3.8, 4) is 17.6 Å². The molecule has 7 rings (SSSR count). The van der Waals surface area contributed by atoms with Crippen LogP contribution in [-0.2, 0) is 24.1 Å². The number of hydrogen-bond acceptors (Lipinski definition) is 12. The molecule has 1 saturated heterocycles. The Labute approximate surface area is 358 Å². The van der Waals surface area contributed by atoms with E-state index in [1.807, 2.05) is 101 Å². The molecule has 1 aliphatic rings. The highest BCUT2D eigenvalue weighted by Gasteiger charge is 2.45. The summed E-state index contributed by atoms with van der Waals surface area (Å²) in [4.78, 5) is 20.5. The van der Waals surface area contributed by atoms with Gasteiger partial charge in [0.1, 0.15) is 29.4 Å². The van der Waals surface area contributed by atoms with Crippen LogP contribution in [0.15, 0.2) is 103 Å². The third-order valence-electron chi connectivity index (χ3n) is 10.5. The van der Waals surface area contributed by atoms with Crippen molar-refractivity contribution in [2.45, 2.75) is 76.7 Å². The Morgan fingerprint density at radius 2 is 1.57 bits per heavy atom. The van der Waals surface area contributed by atoms with Crippen molar-refractivity contribution in [1.82, 2.24) is 33.5 Å². The zero-order valence-corrected chi connectivity index (χ0v) is 36.8. The quantitative estimate of drug-likeness (QED) is 0.0254. The van der Waals surface area contributed by atoms with E-state index in [0.717, 1.165) is 33.8 Å². The first-order chi connectivity index (χ1) is 29.6. The minimum Gasteiger partial charge on any atom is -0.497 e. The molecule has 15 nitrogen and oxygen atoms in total. The zero-order chi connectivity index (χ0) is 43.1. The van der Waals surface area contributed by atoms with E-state index < -0.39 is 32.6 Å². The molecule has 0 N–H and O–H groups in total.